The van der Waals surface area contributed by atoms with Crippen LogP contribution in [0.1, 0.15) is 32.1 Å². The molecule has 0 bridgehead atoms. The third-order valence-electron chi connectivity index (χ3n) is 3.63. The van der Waals surface area contributed by atoms with Gasteiger partial charge in [0.15, 0.2) is 0 Å². The van der Waals surface area contributed by atoms with E-state index in [1.54, 1.807) is 0 Å². The Morgan fingerprint density at radius 2 is 2.00 bits per heavy atom. The highest BCUT2D eigenvalue weighted by Crippen LogP contribution is 2.30. The predicted octanol–water partition coefficient (Wildman–Crippen LogP) is 1.38. The van der Waals surface area contributed by atoms with Crippen LogP contribution in [-0.4, -0.2) is 40.5 Å². The Hall–Kier alpha value is -0.280. The summed E-state index contributed by atoms with van der Waals surface area (Å²) < 4.78 is 0. The molecule has 1 amide bonds. The highest BCUT2D eigenvalue weighted by atomic mass is 35.5. The summed E-state index contributed by atoms with van der Waals surface area (Å²) >= 11 is 5.97. The Kier molecular flexibility index (Phi) is 3.52. The number of hydrogen-bond donors (Lipinski definition) is 1. The number of aliphatic hydroxyl groups is 1. The van der Waals surface area contributed by atoms with Gasteiger partial charge in [0.25, 0.3) is 0 Å². The maximum absolute atomic E-state index is 11.6. The highest BCUT2D eigenvalue weighted by molar-refractivity contribution is 6.22. The number of halogens is 1. The lowest BCUT2D eigenvalue weighted by atomic mass is 9.86. The van der Waals surface area contributed by atoms with E-state index >= 15 is 0 Å². The Morgan fingerprint density at radius 1 is 1.33 bits per heavy atom. The topological polar surface area (TPSA) is 40.5 Å². The Morgan fingerprint density at radius 3 is 2.47 bits per heavy atom. The van der Waals surface area contributed by atoms with Crippen molar-refractivity contribution in [1.82, 2.24) is 4.90 Å². The standard InChI is InChI=1S/C11H18ClNO2/c12-9-5-11(15)13(6-9)10-3-1-8(7-14)2-4-10/h8-10,14H,1-7H2. The first-order valence-electron chi connectivity index (χ1n) is 5.75. The second kappa shape index (κ2) is 4.71. The molecule has 0 aromatic carbocycles. The van der Waals surface area contributed by atoms with Crippen molar-refractivity contribution in [2.75, 3.05) is 13.2 Å². The van der Waals surface area contributed by atoms with E-state index in [1.807, 2.05) is 4.90 Å². The molecule has 1 N–H and O–H groups in total. The van der Waals surface area contributed by atoms with Gasteiger partial charge < -0.3 is 10.0 Å². The summed E-state index contributed by atoms with van der Waals surface area (Å²) in [6.45, 7) is 1.01. The first-order valence-corrected chi connectivity index (χ1v) is 6.18. The average molecular weight is 232 g/mol. The third kappa shape index (κ3) is 2.45. The molecule has 1 saturated carbocycles. The summed E-state index contributed by atoms with van der Waals surface area (Å²) in [5, 5.41) is 9.04. The number of carbonyl (C=O) groups excluding carboxylic acids is 1. The van der Waals surface area contributed by atoms with Gasteiger partial charge in [-0.05, 0) is 31.6 Å². The van der Waals surface area contributed by atoms with Crippen molar-refractivity contribution in [3.63, 3.8) is 0 Å². The van der Waals surface area contributed by atoms with Crippen LogP contribution in [0.15, 0.2) is 0 Å². The maximum atomic E-state index is 11.6. The zero-order valence-corrected chi connectivity index (χ0v) is 9.62. The van der Waals surface area contributed by atoms with Gasteiger partial charge in [-0.2, -0.15) is 0 Å². The molecule has 1 aliphatic carbocycles. The van der Waals surface area contributed by atoms with Gasteiger partial charge in [-0.25, -0.2) is 0 Å². The monoisotopic (exact) mass is 231 g/mol. The summed E-state index contributed by atoms with van der Waals surface area (Å²) in [4.78, 5) is 13.6. The average Bonchev–Trinajstić information content (AvgIpc) is 2.58. The third-order valence-corrected chi connectivity index (χ3v) is 3.92. The molecule has 2 fully saturated rings. The number of nitrogens with zero attached hydrogens (tertiary/aromatic N) is 1. The van der Waals surface area contributed by atoms with Gasteiger partial charge >= 0.3 is 0 Å². The van der Waals surface area contributed by atoms with Crippen molar-refractivity contribution in [3.8, 4) is 0 Å². The van der Waals surface area contributed by atoms with Crippen molar-refractivity contribution in [2.24, 2.45) is 5.92 Å². The Balaban J connectivity index is 1.88. The fourth-order valence-electron chi connectivity index (χ4n) is 2.68. The first kappa shape index (κ1) is 11.2. The zero-order valence-electron chi connectivity index (χ0n) is 8.86. The molecule has 0 aromatic heterocycles. The van der Waals surface area contributed by atoms with E-state index in [9.17, 15) is 4.79 Å². The summed E-state index contributed by atoms with van der Waals surface area (Å²) in [5.41, 5.74) is 0. The number of alkyl halides is 1. The lowest BCUT2D eigenvalue weighted by molar-refractivity contribution is -0.130. The number of carbonyl (C=O) groups is 1. The number of hydrogen-bond acceptors (Lipinski definition) is 2. The van der Waals surface area contributed by atoms with Crippen molar-refractivity contribution in [3.05, 3.63) is 0 Å². The fraction of sp³-hybridized carbons (Fsp3) is 0.909. The van der Waals surface area contributed by atoms with Crippen LogP contribution in [0, 0.1) is 5.92 Å². The van der Waals surface area contributed by atoms with Crippen LogP contribution < -0.4 is 0 Å². The molecule has 0 spiro atoms. The summed E-state index contributed by atoms with van der Waals surface area (Å²) in [7, 11) is 0. The van der Waals surface area contributed by atoms with Crippen LogP contribution in [0.3, 0.4) is 0 Å². The van der Waals surface area contributed by atoms with E-state index in [4.69, 9.17) is 16.7 Å². The molecule has 0 aromatic rings. The molecule has 86 valence electrons. The van der Waals surface area contributed by atoms with Crippen molar-refractivity contribution in [2.45, 2.75) is 43.5 Å². The zero-order chi connectivity index (χ0) is 10.8. The van der Waals surface area contributed by atoms with E-state index in [-0.39, 0.29) is 11.3 Å². The summed E-state index contributed by atoms with van der Waals surface area (Å²) in [5.74, 6) is 0.660. The van der Waals surface area contributed by atoms with E-state index in [1.165, 1.54) is 0 Å². The summed E-state index contributed by atoms with van der Waals surface area (Å²) in [6.07, 6.45) is 4.64. The number of likely N-dealkylation sites (tertiary alicyclic amines) is 1. The SMILES string of the molecule is O=C1CC(Cl)CN1C1CCC(CO)CC1. The van der Waals surface area contributed by atoms with Gasteiger partial charge in [0, 0.05) is 25.6 Å². The van der Waals surface area contributed by atoms with Gasteiger partial charge in [0.1, 0.15) is 0 Å². The van der Waals surface area contributed by atoms with Gasteiger partial charge in [0.05, 0.1) is 5.38 Å². The molecular formula is C11H18ClNO2. The normalized spacial score (nSPS) is 37.3. The van der Waals surface area contributed by atoms with Gasteiger partial charge in [0.2, 0.25) is 5.91 Å². The van der Waals surface area contributed by atoms with Gasteiger partial charge in [-0.3, -0.25) is 4.79 Å². The van der Waals surface area contributed by atoms with E-state index in [0.29, 0.717) is 25.0 Å². The molecule has 1 aliphatic heterocycles. The maximum Gasteiger partial charge on any atom is 0.224 e. The minimum atomic E-state index is 0.00747. The van der Waals surface area contributed by atoms with E-state index in [0.717, 1.165) is 32.2 Å². The van der Waals surface area contributed by atoms with Gasteiger partial charge in [-0.15, -0.1) is 11.6 Å². The molecule has 1 unspecified atom stereocenters. The molecule has 15 heavy (non-hydrogen) atoms. The predicted molar refractivity (Wildman–Crippen MR) is 58.8 cm³/mol. The molecule has 1 atom stereocenters. The minimum absolute atomic E-state index is 0.00747. The molecule has 1 heterocycles. The van der Waals surface area contributed by atoms with Crippen molar-refractivity contribution < 1.29 is 9.90 Å². The van der Waals surface area contributed by atoms with Crippen LogP contribution in [-0.2, 0) is 4.79 Å². The van der Waals surface area contributed by atoms with Crippen molar-refractivity contribution >= 4 is 17.5 Å². The Bertz CT molecular complexity index is 239. The second-order valence-corrected chi connectivity index (χ2v) is 5.32. The lowest BCUT2D eigenvalue weighted by Crippen LogP contribution is -2.39. The van der Waals surface area contributed by atoms with Crippen LogP contribution in [0.5, 0.6) is 0 Å². The van der Waals surface area contributed by atoms with Crippen LogP contribution in [0.2, 0.25) is 0 Å². The number of aliphatic hydroxyl groups excluding tert-OH is 1. The lowest BCUT2D eigenvalue weighted by Gasteiger charge is -2.34. The largest absolute Gasteiger partial charge is 0.396 e. The fourth-order valence-corrected chi connectivity index (χ4v) is 2.96. The second-order valence-electron chi connectivity index (χ2n) is 4.70. The van der Waals surface area contributed by atoms with E-state index in [2.05, 4.69) is 0 Å². The minimum Gasteiger partial charge on any atom is -0.396 e. The van der Waals surface area contributed by atoms with Crippen LogP contribution >= 0.6 is 11.6 Å². The number of amides is 1. The smallest absolute Gasteiger partial charge is 0.224 e. The molecule has 2 aliphatic rings. The molecule has 2 rings (SSSR count). The molecular weight excluding hydrogens is 214 g/mol. The van der Waals surface area contributed by atoms with E-state index < -0.39 is 0 Å². The molecule has 3 nitrogen and oxygen atoms in total. The first-order chi connectivity index (χ1) is 7.20. The Labute approximate surface area is 95.4 Å². The van der Waals surface area contributed by atoms with Crippen LogP contribution in [0.4, 0.5) is 0 Å². The highest BCUT2D eigenvalue weighted by Gasteiger charge is 2.34. The van der Waals surface area contributed by atoms with Gasteiger partial charge in [-0.1, -0.05) is 0 Å². The molecule has 1 saturated heterocycles. The molecule has 0 radical (unpaired) electrons. The molecule has 4 heteroatoms. The number of rotatable bonds is 2. The summed E-state index contributed by atoms with van der Waals surface area (Å²) in [6, 6.07) is 0.379. The van der Waals surface area contributed by atoms with Crippen molar-refractivity contribution in [1.29, 1.82) is 0 Å². The quantitative estimate of drug-likeness (QED) is 0.730. The van der Waals surface area contributed by atoms with Crippen LogP contribution in [0.25, 0.3) is 0 Å².